The number of aliphatic hydroxyl groups is 2. The van der Waals surface area contributed by atoms with Crippen molar-refractivity contribution in [3.8, 4) is 0 Å². The minimum atomic E-state index is -1.03. The van der Waals surface area contributed by atoms with E-state index in [0.29, 0.717) is 19.5 Å². The lowest BCUT2D eigenvalue weighted by Gasteiger charge is -2.38. The molecule has 5 heteroatoms. The van der Waals surface area contributed by atoms with Gasteiger partial charge in [0.25, 0.3) is 0 Å². The van der Waals surface area contributed by atoms with Crippen LogP contribution in [0.25, 0.3) is 0 Å². The Kier molecular flexibility index (Phi) is 3.98. The second-order valence-corrected chi connectivity index (χ2v) is 6.65. The van der Waals surface area contributed by atoms with Gasteiger partial charge in [-0.25, -0.2) is 4.79 Å². The van der Waals surface area contributed by atoms with Crippen molar-refractivity contribution in [1.29, 1.82) is 0 Å². The zero-order valence-electron chi connectivity index (χ0n) is 12.0. The zero-order chi connectivity index (χ0) is 14.2. The number of carbonyl (C=O) groups is 1. The van der Waals surface area contributed by atoms with E-state index in [2.05, 4.69) is 0 Å². The van der Waals surface area contributed by atoms with Crippen molar-refractivity contribution in [2.24, 2.45) is 5.41 Å². The maximum Gasteiger partial charge on any atom is 0.410 e. The number of hydrogen-bond donors (Lipinski definition) is 2. The first kappa shape index (κ1) is 15.2. The van der Waals surface area contributed by atoms with Crippen LogP contribution in [0.5, 0.6) is 0 Å². The first-order chi connectivity index (χ1) is 8.01. The van der Waals surface area contributed by atoms with Gasteiger partial charge in [-0.3, -0.25) is 0 Å². The van der Waals surface area contributed by atoms with Crippen molar-refractivity contribution in [2.75, 3.05) is 19.7 Å². The van der Waals surface area contributed by atoms with E-state index >= 15 is 0 Å². The number of amides is 1. The highest BCUT2D eigenvalue weighted by Crippen LogP contribution is 2.40. The molecule has 1 heterocycles. The smallest absolute Gasteiger partial charge is 0.410 e. The van der Waals surface area contributed by atoms with E-state index in [1.54, 1.807) is 18.7 Å². The molecule has 1 saturated heterocycles. The highest BCUT2D eigenvalue weighted by Gasteiger charge is 2.50. The summed E-state index contributed by atoms with van der Waals surface area (Å²) in [5.41, 5.74) is -2.22. The monoisotopic (exact) mass is 259 g/mol. The van der Waals surface area contributed by atoms with Crippen LogP contribution in [0.3, 0.4) is 0 Å². The normalized spacial score (nSPS) is 25.4. The minimum Gasteiger partial charge on any atom is -0.444 e. The van der Waals surface area contributed by atoms with Crippen molar-refractivity contribution < 1.29 is 19.7 Å². The second-order valence-electron chi connectivity index (χ2n) is 6.65. The summed E-state index contributed by atoms with van der Waals surface area (Å²) in [5, 5.41) is 19.7. The number of hydrogen-bond acceptors (Lipinski definition) is 4. The van der Waals surface area contributed by atoms with Gasteiger partial charge >= 0.3 is 6.09 Å². The van der Waals surface area contributed by atoms with E-state index in [4.69, 9.17) is 4.74 Å². The zero-order valence-corrected chi connectivity index (χ0v) is 12.0. The number of carbonyl (C=O) groups excluding carboxylic acids is 1. The maximum atomic E-state index is 11.9. The standard InChI is InChI=1S/C13H25NO4/c1-11(2,3)18-10(16)14-7-6-13(8-14,9-15)12(4,5)17/h15,17H,6-9H2,1-5H3. The molecular weight excluding hydrogens is 234 g/mol. The molecular formula is C13H25NO4. The van der Waals surface area contributed by atoms with Crippen molar-refractivity contribution >= 4 is 6.09 Å². The average molecular weight is 259 g/mol. The summed E-state index contributed by atoms with van der Waals surface area (Å²) in [7, 11) is 0. The predicted molar refractivity (Wildman–Crippen MR) is 68.2 cm³/mol. The molecule has 1 fully saturated rings. The second kappa shape index (κ2) is 4.70. The van der Waals surface area contributed by atoms with Gasteiger partial charge in [0.2, 0.25) is 0 Å². The summed E-state index contributed by atoms with van der Waals surface area (Å²) in [4.78, 5) is 13.5. The van der Waals surface area contributed by atoms with E-state index in [9.17, 15) is 15.0 Å². The SMILES string of the molecule is CC(C)(C)OC(=O)N1CCC(CO)(C(C)(C)O)C1. The van der Waals surface area contributed by atoms with Gasteiger partial charge < -0.3 is 19.8 Å². The summed E-state index contributed by atoms with van der Waals surface area (Å²) in [6.07, 6.45) is 0.189. The Balaban J connectivity index is 2.74. The predicted octanol–water partition coefficient (Wildman–Crippen LogP) is 1.38. The van der Waals surface area contributed by atoms with Crippen LogP contribution < -0.4 is 0 Å². The molecule has 0 aromatic heterocycles. The Morgan fingerprint density at radius 2 is 1.89 bits per heavy atom. The topological polar surface area (TPSA) is 70.0 Å². The molecule has 1 atom stereocenters. The molecule has 1 rings (SSSR count). The Labute approximate surface area is 109 Å². The number of likely N-dealkylation sites (tertiary alicyclic amines) is 1. The third kappa shape index (κ3) is 3.14. The molecule has 106 valence electrons. The van der Waals surface area contributed by atoms with Gasteiger partial charge in [-0.2, -0.15) is 0 Å². The van der Waals surface area contributed by atoms with Gasteiger partial charge in [0.1, 0.15) is 5.60 Å². The van der Waals surface area contributed by atoms with Crippen molar-refractivity contribution in [3.63, 3.8) is 0 Å². The van der Waals surface area contributed by atoms with Gasteiger partial charge in [-0.05, 0) is 41.0 Å². The highest BCUT2D eigenvalue weighted by atomic mass is 16.6. The average Bonchev–Trinajstić information content (AvgIpc) is 2.59. The summed E-state index contributed by atoms with van der Waals surface area (Å²) in [6, 6.07) is 0. The Bertz CT molecular complexity index is 316. The van der Waals surface area contributed by atoms with Gasteiger partial charge in [0, 0.05) is 18.5 Å². The van der Waals surface area contributed by atoms with Crippen LogP contribution in [-0.2, 0) is 4.74 Å². The van der Waals surface area contributed by atoms with Crippen LogP contribution >= 0.6 is 0 Å². The molecule has 0 spiro atoms. The van der Waals surface area contributed by atoms with Crippen molar-refractivity contribution in [3.05, 3.63) is 0 Å². The fourth-order valence-corrected chi connectivity index (χ4v) is 2.18. The fourth-order valence-electron chi connectivity index (χ4n) is 2.18. The number of aliphatic hydroxyl groups excluding tert-OH is 1. The fraction of sp³-hybridized carbons (Fsp3) is 0.923. The molecule has 18 heavy (non-hydrogen) atoms. The Morgan fingerprint density at radius 3 is 2.22 bits per heavy atom. The summed E-state index contributed by atoms with van der Waals surface area (Å²) in [5.74, 6) is 0. The summed E-state index contributed by atoms with van der Waals surface area (Å²) >= 11 is 0. The Morgan fingerprint density at radius 1 is 1.33 bits per heavy atom. The quantitative estimate of drug-likeness (QED) is 0.786. The molecule has 0 radical (unpaired) electrons. The lowest BCUT2D eigenvalue weighted by atomic mass is 9.74. The van der Waals surface area contributed by atoms with Crippen molar-refractivity contribution in [1.82, 2.24) is 4.90 Å². The molecule has 0 aromatic carbocycles. The highest BCUT2D eigenvalue weighted by molar-refractivity contribution is 5.68. The number of rotatable bonds is 2. The van der Waals surface area contributed by atoms with Gasteiger partial charge in [-0.15, -0.1) is 0 Å². The molecule has 0 saturated carbocycles. The van der Waals surface area contributed by atoms with E-state index in [0.717, 1.165) is 0 Å². The third-order valence-electron chi connectivity index (χ3n) is 3.61. The molecule has 2 N–H and O–H groups in total. The number of nitrogens with zero attached hydrogens (tertiary/aromatic N) is 1. The first-order valence-corrected chi connectivity index (χ1v) is 6.32. The molecule has 5 nitrogen and oxygen atoms in total. The minimum absolute atomic E-state index is 0.143. The van der Waals surface area contributed by atoms with Gasteiger partial charge in [0.05, 0.1) is 12.2 Å². The van der Waals surface area contributed by atoms with E-state index < -0.39 is 16.6 Å². The maximum absolute atomic E-state index is 11.9. The van der Waals surface area contributed by atoms with Crippen LogP contribution in [-0.4, -0.2) is 52.1 Å². The van der Waals surface area contributed by atoms with E-state index in [1.807, 2.05) is 20.8 Å². The largest absolute Gasteiger partial charge is 0.444 e. The molecule has 1 aliphatic heterocycles. The van der Waals surface area contributed by atoms with Crippen molar-refractivity contribution in [2.45, 2.75) is 52.2 Å². The lowest BCUT2D eigenvalue weighted by Crippen LogP contribution is -2.49. The molecule has 1 unspecified atom stereocenters. The van der Waals surface area contributed by atoms with E-state index in [-0.39, 0.29) is 12.7 Å². The van der Waals surface area contributed by atoms with Crippen LogP contribution in [0.4, 0.5) is 4.79 Å². The van der Waals surface area contributed by atoms with Crippen LogP contribution in [0.1, 0.15) is 41.0 Å². The molecule has 1 amide bonds. The number of ether oxygens (including phenoxy) is 1. The third-order valence-corrected chi connectivity index (χ3v) is 3.61. The van der Waals surface area contributed by atoms with Crippen LogP contribution in [0.15, 0.2) is 0 Å². The molecule has 0 bridgehead atoms. The van der Waals surface area contributed by atoms with Crippen LogP contribution in [0, 0.1) is 5.41 Å². The Hall–Kier alpha value is -0.810. The van der Waals surface area contributed by atoms with Crippen LogP contribution in [0.2, 0.25) is 0 Å². The molecule has 0 aliphatic carbocycles. The van der Waals surface area contributed by atoms with Gasteiger partial charge in [-0.1, -0.05) is 0 Å². The lowest BCUT2D eigenvalue weighted by molar-refractivity contribution is -0.0776. The van der Waals surface area contributed by atoms with Gasteiger partial charge in [0.15, 0.2) is 0 Å². The summed E-state index contributed by atoms with van der Waals surface area (Å²) < 4.78 is 5.30. The van der Waals surface area contributed by atoms with E-state index in [1.165, 1.54) is 0 Å². The first-order valence-electron chi connectivity index (χ1n) is 6.32. The molecule has 1 aliphatic rings. The molecule has 0 aromatic rings. The summed E-state index contributed by atoms with van der Waals surface area (Å²) in [6.45, 7) is 9.46.